The molecular weight excluding hydrogens is 562 g/mol. The molecule has 0 saturated heterocycles. The van der Waals surface area contributed by atoms with E-state index in [1.165, 1.54) is 161 Å². The van der Waals surface area contributed by atoms with Gasteiger partial charge in [-0.1, -0.05) is 147 Å². The summed E-state index contributed by atoms with van der Waals surface area (Å²) in [6.07, 6.45) is 48.6. The Morgan fingerprint density at radius 2 is 1.02 bits per heavy atom. The molecule has 0 aliphatic carbocycles. The molecule has 1 amide bonds. The van der Waals surface area contributed by atoms with E-state index >= 15 is 0 Å². The lowest BCUT2D eigenvalue weighted by Gasteiger charge is -2.11. The molecular formula is C42H77N3O. The van der Waals surface area contributed by atoms with Gasteiger partial charge in [-0.2, -0.15) is 0 Å². The molecule has 0 aromatic carbocycles. The van der Waals surface area contributed by atoms with Crippen molar-refractivity contribution >= 4 is 5.91 Å². The van der Waals surface area contributed by atoms with Gasteiger partial charge in [-0.25, -0.2) is 4.98 Å². The second-order valence-corrected chi connectivity index (χ2v) is 14.0. The molecule has 1 heterocycles. The molecule has 1 unspecified atom stereocenters. The van der Waals surface area contributed by atoms with Crippen LogP contribution in [0.3, 0.4) is 0 Å². The number of rotatable bonds is 33. The van der Waals surface area contributed by atoms with Crippen LogP contribution in [0.4, 0.5) is 0 Å². The van der Waals surface area contributed by atoms with E-state index in [9.17, 15) is 4.79 Å². The summed E-state index contributed by atoms with van der Waals surface area (Å²) >= 11 is 0. The minimum Gasteiger partial charge on any atom is -0.348 e. The highest BCUT2D eigenvalue weighted by atomic mass is 16.1. The SMILES string of the molecule is CCCCCCCC/C=C\CCCCCCCCc1nc(C(C)NC(=O)CCCCCCC/C=C\CCCCCCCC)cn1C. The minimum atomic E-state index is -0.0320. The molecule has 0 radical (unpaired) electrons. The van der Waals surface area contributed by atoms with E-state index in [0.717, 1.165) is 30.8 Å². The van der Waals surface area contributed by atoms with Gasteiger partial charge in [-0.3, -0.25) is 4.79 Å². The maximum atomic E-state index is 12.5. The third-order valence-corrected chi connectivity index (χ3v) is 9.39. The highest BCUT2D eigenvalue weighted by molar-refractivity contribution is 5.76. The first-order valence-corrected chi connectivity index (χ1v) is 20.2. The number of hydrogen-bond donors (Lipinski definition) is 1. The molecule has 1 rings (SSSR count). The molecule has 0 bridgehead atoms. The number of aryl methyl sites for hydroxylation is 2. The standard InChI is InChI=1S/C42H77N3O/c1-5-7-9-11-13-15-17-19-21-23-24-26-28-30-32-34-36-41-44-40(38-45(41)4)39(3)43-42(46)37-35-33-31-29-27-25-22-20-18-16-14-12-10-8-6-2/h19-22,38-39H,5-18,23-37H2,1-4H3,(H,43,46)/b21-19-,22-20-. The van der Waals surface area contributed by atoms with Crippen LogP contribution in [0.1, 0.15) is 218 Å². The number of aromatic nitrogens is 2. The fourth-order valence-electron chi connectivity index (χ4n) is 6.25. The Balaban J connectivity index is 2.01. The quantitative estimate of drug-likeness (QED) is 0.0614. The second-order valence-electron chi connectivity index (χ2n) is 14.0. The number of amides is 1. The van der Waals surface area contributed by atoms with E-state index in [2.05, 4.69) is 68.2 Å². The van der Waals surface area contributed by atoms with Crippen molar-refractivity contribution in [3.63, 3.8) is 0 Å². The Morgan fingerprint density at radius 3 is 1.48 bits per heavy atom. The van der Waals surface area contributed by atoms with Crippen molar-refractivity contribution in [2.24, 2.45) is 7.05 Å². The van der Waals surface area contributed by atoms with Gasteiger partial charge in [-0.05, 0) is 71.1 Å². The van der Waals surface area contributed by atoms with Crippen LogP contribution in [-0.2, 0) is 18.3 Å². The zero-order valence-corrected chi connectivity index (χ0v) is 31.3. The summed E-state index contributed by atoms with van der Waals surface area (Å²) in [5, 5.41) is 3.18. The van der Waals surface area contributed by atoms with E-state index < -0.39 is 0 Å². The molecule has 1 atom stereocenters. The van der Waals surface area contributed by atoms with Crippen LogP contribution in [0.25, 0.3) is 0 Å². The molecule has 0 fully saturated rings. The van der Waals surface area contributed by atoms with E-state index in [4.69, 9.17) is 4.98 Å². The number of nitrogens with one attached hydrogen (secondary N) is 1. The molecule has 1 aromatic rings. The van der Waals surface area contributed by atoms with Crippen molar-refractivity contribution in [2.75, 3.05) is 0 Å². The molecule has 0 saturated carbocycles. The van der Waals surface area contributed by atoms with E-state index in [-0.39, 0.29) is 11.9 Å². The number of nitrogens with zero attached hydrogens (tertiary/aromatic N) is 2. The number of unbranched alkanes of at least 4 members (excludes halogenated alkanes) is 23. The number of hydrogen-bond acceptors (Lipinski definition) is 2. The van der Waals surface area contributed by atoms with Crippen LogP contribution in [0.2, 0.25) is 0 Å². The molecule has 0 aliphatic heterocycles. The Hall–Kier alpha value is -1.84. The van der Waals surface area contributed by atoms with Crippen molar-refractivity contribution in [1.82, 2.24) is 14.9 Å². The van der Waals surface area contributed by atoms with Crippen molar-refractivity contribution < 1.29 is 4.79 Å². The van der Waals surface area contributed by atoms with Crippen LogP contribution in [0.5, 0.6) is 0 Å². The minimum absolute atomic E-state index is 0.0320. The number of carbonyl (C=O) groups is 1. The zero-order chi connectivity index (χ0) is 33.3. The highest BCUT2D eigenvalue weighted by Gasteiger charge is 2.14. The Labute approximate surface area is 287 Å². The summed E-state index contributed by atoms with van der Waals surface area (Å²) in [5.41, 5.74) is 0.986. The molecule has 0 aliphatic rings. The van der Waals surface area contributed by atoms with Crippen LogP contribution >= 0.6 is 0 Å². The maximum Gasteiger partial charge on any atom is 0.220 e. The van der Waals surface area contributed by atoms with Crippen LogP contribution < -0.4 is 5.32 Å². The average molecular weight is 640 g/mol. The first-order chi connectivity index (χ1) is 22.6. The molecule has 1 N–H and O–H groups in total. The Bertz CT molecular complexity index is 870. The van der Waals surface area contributed by atoms with Crippen LogP contribution in [0, 0.1) is 0 Å². The molecule has 46 heavy (non-hydrogen) atoms. The largest absolute Gasteiger partial charge is 0.348 e. The summed E-state index contributed by atoms with van der Waals surface area (Å²) in [7, 11) is 2.09. The van der Waals surface area contributed by atoms with Crippen molar-refractivity contribution in [1.29, 1.82) is 0 Å². The summed E-state index contributed by atoms with van der Waals surface area (Å²) in [6.45, 7) is 6.62. The van der Waals surface area contributed by atoms with Gasteiger partial charge >= 0.3 is 0 Å². The van der Waals surface area contributed by atoms with Gasteiger partial charge in [0.25, 0.3) is 0 Å². The van der Waals surface area contributed by atoms with Gasteiger partial charge in [0.2, 0.25) is 5.91 Å². The van der Waals surface area contributed by atoms with Crippen molar-refractivity contribution in [2.45, 2.75) is 213 Å². The fourth-order valence-corrected chi connectivity index (χ4v) is 6.25. The summed E-state index contributed by atoms with van der Waals surface area (Å²) in [5.74, 6) is 1.30. The van der Waals surface area contributed by atoms with Gasteiger partial charge in [0.05, 0.1) is 11.7 Å². The number of carbonyl (C=O) groups excluding carboxylic acids is 1. The molecule has 4 nitrogen and oxygen atoms in total. The first-order valence-electron chi connectivity index (χ1n) is 20.2. The van der Waals surface area contributed by atoms with Gasteiger partial charge in [-0.15, -0.1) is 0 Å². The van der Waals surface area contributed by atoms with Gasteiger partial charge < -0.3 is 9.88 Å². The highest BCUT2D eigenvalue weighted by Crippen LogP contribution is 2.16. The summed E-state index contributed by atoms with van der Waals surface area (Å²) in [6, 6.07) is -0.0320. The monoisotopic (exact) mass is 640 g/mol. The van der Waals surface area contributed by atoms with Gasteiger partial charge in [0, 0.05) is 26.1 Å². The van der Waals surface area contributed by atoms with Crippen LogP contribution in [0.15, 0.2) is 30.5 Å². The van der Waals surface area contributed by atoms with Gasteiger partial charge in [0.1, 0.15) is 5.82 Å². The van der Waals surface area contributed by atoms with Crippen molar-refractivity contribution in [3.8, 4) is 0 Å². The molecule has 1 aromatic heterocycles. The third-order valence-electron chi connectivity index (χ3n) is 9.39. The third kappa shape index (κ3) is 25.3. The molecule has 266 valence electrons. The lowest BCUT2D eigenvalue weighted by molar-refractivity contribution is -0.121. The topological polar surface area (TPSA) is 46.9 Å². The smallest absolute Gasteiger partial charge is 0.220 e. The Morgan fingerprint density at radius 1 is 0.630 bits per heavy atom. The van der Waals surface area contributed by atoms with Crippen molar-refractivity contribution in [3.05, 3.63) is 42.0 Å². The normalized spacial score (nSPS) is 12.5. The lowest BCUT2D eigenvalue weighted by atomic mass is 10.1. The first kappa shape index (κ1) is 42.2. The predicted molar refractivity (Wildman–Crippen MR) is 202 cm³/mol. The molecule has 0 spiro atoms. The summed E-state index contributed by atoms with van der Waals surface area (Å²) < 4.78 is 2.15. The van der Waals surface area contributed by atoms with E-state index in [1.807, 2.05) is 0 Å². The number of imidazole rings is 1. The average Bonchev–Trinajstić information content (AvgIpc) is 3.42. The zero-order valence-electron chi connectivity index (χ0n) is 31.3. The maximum absolute atomic E-state index is 12.5. The van der Waals surface area contributed by atoms with E-state index in [1.54, 1.807) is 0 Å². The van der Waals surface area contributed by atoms with E-state index in [0.29, 0.717) is 6.42 Å². The number of allylic oxidation sites excluding steroid dienone is 4. The lowest BCUT2D eigenvalue weighted by Crippen LogP contribution is -2.26. The van der Waals surface area contributed by atoms with Gasteiger partial charge in [0.15, 0.2) is 0 Å². The van der Waals surface area contributed by atoms with Crippen LogP contribution in [-0.4, -0.2) is 15.5 Å². The fraction of sp³-hybridized carbons (Fsp3) is 0.810. The molecule has 4 heteroatoms. The second kappa shape index (κ2) is 31.7. The summed E-state index contributed by atoms with van der Waals surface area (Å²) in [4.78, 5) is 17.4. The predicted octanol–water partition coefficient (Wildman–Crippen LogP) is 13.2. The Kier molecular flexibility index (Phi) is 29.1.